The fourth-order valence-corrected chi connectivity index (χ4v) is 8.95. The van der Waals surface area contributed by atoms with E-state index in [9.17, 15) is 118 Å². The van der Waals surface area contributed by atoms with Gasteiger partial charge in [-0.3, -0.25) is 20.2 Å². The molecule has 0 saturated carbocycles. The Morgan fingerprint density at radius 2 is 0.458 bits per heavy atom. The molecule has 0 aliphatic carbocycles. The lowest BCUT2D eigenvalue weighted by Gasteiger charge is -2.19. The van der Waals surface area contributed by atoms with Crippen molar-refractivity contribution >= 4 is 80.2 Å². The van der Waals surface area contributed by atoms with Crippen LogP contribution in [0.15, 0.2) is 308 Å². The maximum atomic E-state index is 11.6. The fourth-order valence-electron chi connectivity index (χ4n) is 8.95. The molecule has 10 aromatic carbocycles. The molecule has 0 aliphatic rings. The van der Waals surface area contributed by atoms with Crippen LogP contribution in [-0.4, -0.2) is 140 Å². The molecule has 10 rings (SSSR count). The monoisotopic (exact) mass is 1810 g/mol. The normalized spacial score (nSPS) is 11.0. The highest BCUT2D eigenvalue weighted by Gasteiger charge is 2.19. The van der Waals surface area contributed by atoms with Gasteiger partial charge in [0.05, 0.1) is 130 Å². The van der Waals surface area contributed by atoms with Crippen molar-refractivity contribution in [3.63, 3.8) is 0 Å². The number of hydrogen-bond acceptors (Lipinski definition) is 35. The van der Waals surface area contributed by atoms with Crippen molar-refractivity contribution in [3.8, 4) is 18.2 Å². The number of hydrazine groups is 9. The van der Waals surface area contributed by atoms with E-state index in [0.29, 0.717) is 72.8 Å². The maximum Gasteiger partial charge on any atom is 0.269 e. The molecule has 57 heteroatoms. The highest BCUT2D eigenvalue weighted by molar-refractivity contribution is 5.86. The minimum Gasteiger partial charge on any atom is -0.737 e. The summed E-state index contributed by atoms with van der Waals surface area (Å²) in [5, 5.41) is 273. The lowest BCUT2D eigenvalue weighted by Crippen LogP contribution is -2.26. The Morgan fingerprint density at radius 3 is 0.656 bits per heavy atom. The Hall–Kier alpha value is -20.4. The van der Waals surface area contributed by atoms with Crippen LogP contribution < -0.4 is 55.3 Å². The summed E-state index contributed by atoms with van der Waals surface area (Å²) in [6.07, 6.45) is 0. The average Bonchev–Trinajstić information content (AvgIpc) is 0.886. The second kappa shape index (κ2) is 56.3. The smallest absolute Gasteiger partial charge is 0.269 e. The number of para-hydroxylation sites is 3. The van der Waals surface area contributed by atoms with Crippen LogP contribution in [0.4, 0.5) is 68.2 Å². The van der Waals surface area contributed by atoms with E-state index >= 15 is 0 Å². The highest BCUT2D eigenvalue weighted by atomic mass is 16.7. The van der Waals surface area contributed by atoms with Crippen molar-refractivity contribution in [2.45, 2.75) is 0 Å². The van der Waals surface area contributed by atoms with E-state index < -0.39 is 21.8 Å². The SMILES string of the molecule is CN(c1ccc(C#N)cc1)/[N+]([O-])=N/[O-].CN(c1ccc(C#N)cc1)/[N+]([O-])=N/[O-].CN(c1ccc(C(=O)[O-])cc1)/[N+]([O-])=N/O.CN(c1ccc(C(=O)[O-])cc1)/[N+]([O-])=N/O.CN(c1ccc([N+](=O)[O-])cc1)/[N+]([O-])=N/[O-].CN(c1ccc([N+](=O)[O-])cc1)/[N+]([O-])=N/[O-].CN(c1ccccc1)/[N+]([O-])=N/[O-].CN=[N+]([O-])N(C)c1ccccc1.N#Cc1ccc(N(c2ccccc2)/[N+]([O-])=N/[O-])cc1. The van der Waals surface area contributed by atoms with Crippen molar-refractivity contribution in [2.75, 3.05) is 109 Å². The van der Waals surface area contributed by atoms with Gasteiger partial charge in [-0.15, -0.1) is 40.1 Å². The number of nitro groups is 2. The van der Waals surface area contributed by atoms with Crippen LogP contribution >= 0.6 is 0 Å². The molecular weight excluding hydrogens is 1740 g/mol. The van der Waals surface area contributed by atoms with E-state index in [0.717, 1.165) is 45.8 Å². The van der Waals surface area contributed by atoms with Crippen LogP contribution in [-0.2, 0) is 0 Å². The van der Waals surface area contributed by atoms with E-state index in [1.807, 2.05) is 54.6 Å². The summed E-state index contributed by atoms with van der Waals surface area (Å²) in [6.45, 7) is 0. The largest absolute Gasteiger partial charge is 0.737 e. The number of aromatic carboxylic acids is 2. The molecule has 0 aromatic heterocycles. The summed E-state index contributed by atoms with van der Waals surface area (Å²) in [5.74, 6) is -2.59. The third-order valence-electron chi connectivity index (χ3n) is 16.0. The zero-order chi connectivity index (χ0) is 98.4. The topological polar surface area (TPSA) is 792 Å². The molecule has 0 spiro atoms. The van der Waals surface area contributed by atoms with Crippen molar-refractivity contribution in [1.82, 2.24) is 0 Å². The number of carbonyl (C=O) groups excluding carboxylic acids is 2. The zero-order valence-electron chi connectivity index (χ0n) is 69.4. The standard InChI is InChI=1S/C13H10N4O2.2C8H8N4O2.2C8H9N3O4.C8H11N3O.2C7H8N4O4.C7H9N3O2/c14-10-11-6-8-13(9-7-11)16(17(19)15-18)12-4-2-1-3-5-12;2*1-11(12(14)10-13)8-4-2-7(6-9)3-5-8;2*1-10(11(15)9-14)7-4-2-6(3-5-7)8(12)13;1-9-11(12)10(2)8-6-4-3-5-7-8;2*1-9(11(15)8-12)6-2-4-7(5-3-6)10(13)14;1-9(10(12)8-11)7-5-3-2-4-6-7/h1-9,18H;2*2-5,13H,1H3;2*2-5,14H,1H3,(H,12,13);3-7H,1-2H3;2*2-5,12H,1H3;2-6,11H,1H3/p-8/b17-15-;2*12-10-;2*11-9-;;2*11-8-;10-8-. The second-order valence-electron chi connectivity index (χ2n) is 23.8. The van der Waals surface area contributed by atoms with Crippen LogP contribution in [0.1, 0.15) is 37.4 Å². The molecule has 57 nitrogen and oxygen atoms in total. The lowest BCUT2D eigenvalue weighted by atomic mass is 10.2. The zero-order valence-corrected chi connectivity index (χ0v) is 69.4. The van der Waals surface area contributed by atoms with Gasteiger partial charge >= 0.3 is 0 Å². The average molecular weight is 1810 g/mol. The molecule has 0 aliphatic heterocycles. The third kappa shape index (κ3) is 35.3. The molecular formula is C74H72N32O25-8. The fraction of sp³-hybridized carbons (Fsp3) is 0.122. The molecule has 2 N–H and O–H groups in total. The second-order valence-corrected chi connectivity index (χ2v) is 23.8. The summed E-state index contributed by atoms with van der Waals surface area (Å²) >= 11 is 0. The van der Waals surface area contributed by atoms with Crippen LogP contribution in [0.25, 0.3) is 0 Å². The Labute approximate surface area is 739 Å². The van der Waals surface area contributed by atoms with Gasteiger partial charge in [-0.25, -0.2) is 0 Å². The molecule has 0 atom stereocenters. The van der Waals surface area contributed by atoms with Gasteiger partial charge < -0.3 is 108 Å². The van der Waals surface area contributed by atoms with Gasteiger partial charge in [0, 0.05) is 59.1 Å². The van der Waals surface area contributed by atoms with E-state index in [2.05, 4.69) is 47.3 Å². The van der Waals surface area contributed by atoms with Crippen molar-refractivity contribution < 1.29 is 84.8 Å². The first-order valence-corrected chi connectivity index (χ1v) is 35.4. The molecule has 686 valence electrons. The number of benzene rings is 10. The summed E-state index contributed by atoms with van der Waals surface area (Å²) in [7, 11) is 12.7. The van der Waals surface area contributed by atoms with E-state index in [1.54, 1.807) is 134 Å². The number of carboxylic acids is 2. The van der Waals surface area contributed by atoms with Crippen molar-refractivity contribution in [2.24, 2.45) is 47.3 Å². The number of nitriles is 3. The highest BCUT2D eigenvalue weighted by Crippen LogP contribution is 2.27. The lowest BCUT2D eigenvalue weighted by molar-refractivity contribution is -0.564. The number of rotatable bonds is 23. The quantitative estimate of drug-likeness (QED) is 0.0260. The predicted octanol–water partition coefficient (Wildman–Crippen LogP) is 11.3. The van der Waals surface area contributed by atoms with E-state index in [4.69, 9.17) is 26.2 Å². The molecule has 0 heterocycles. The number of nitrogens with zero attached hydrogens (tertiary/aromatic N) is 32. The van der Waals surface area contributed by atoms with Gasteiger partial charge in [-0.1, -0.05) is 83.9 Å². The number of carboxylic acid groups (broad SMARTS) is 2. The van der Waals surface area contributed by atoms with Gasteiger partial charge in [-0.05, 0) is 206 Å². The Kier molecular flexibility index (Phi) is 45.8. The molecule has 131 heavy (non-hydrogen) atoms. The van der Waals surface area contributed by atoms with E-state index in [1.165, 1.54) is 158 Å². The van der Waals surface area contributed by atoms with Gasteiger partial charge in [0.2, 0.25) is 10.6 Å². The Bertz CT molecular complexity index is 5230. The number of non-ortho nitro benzene ring substituents is 2. The minimum atomic E-state index is -1.30. The van der Waals surface area contributed by atoms with Crippen LogP contribution in [0, 0.1) is 132 Å². The number of hydrogen-bond donors (Lipinski definition) is 2. The molecule has 0 saturated heterocycles. The molecule has 10 aromatic rings. The third-order valence-corrected chi connectivity index (χ3v) is 16.0. The summed E-state index contributed by atoms with van der Waals surface area (Å²) in [6, 6.07) is 72.2. The van der Waals surface area contributed by atoms with Crippen LogP contribution in [0.5, 0.6) is 0 Å². The van der Waals surface area contributed by atoms with Gasteiger partial charge in [-0.2, -0.15) is 15.8 Å². The van der Waals surface area contributed by atoms with E-state index in [-0.39, 0.29) is 62.3 Å². The number of carbonyl (C=O) groups is 2. The van der Waals surface area contributed by atoms with Gasteiger partial charge in [0.1, 0.15) is 56.9 Å². The molecule has 0 unspecified atom stereocenters. The molecule has 0 bridgehead atoms. The summed E-state index contributed by atoms with van der Waals surface area (Å²) in [4.78, 5) is 40.2. The summed E-state index contributed by atoms with van der Waals surface area (Å²) < 4.78 is 0. The first-order chi connectivity index (χ1) is 62.4. The van der Waals surface area contributed by atoms with Gasteiger partial charge in [0.15, 0.2) is 0 Å². The number of nitro benzene ring substituents is 2. The Morgan fingerprint density at radius 1 is 0.275 bits per heavy atom. The minimum absolute atomic E-state index is 0.00513. The molecule has 0 radical (unpaired) electrons. The first-order valence-electron chi connectivity index (χ1n) is 35.4. The first kappa shape index (κ1) is 107. The molecule has 0 fully saturated rings. The molecule has 0 amide bonds. The predicted molar refractivity (Wildman–Crippen MR) is 454 cm³/mol. The van der Waals surface area contributed by atoms with Crippen molar-refractivity contribution in [1.29, 1.82) is 15.8 Å². The van der Waals surface area contributed by atoms with Crippen LogP contribution in [0.3, 0.4) is 0 Å². The maximum absolute atomic E-state index is 11.6. The van der Waals surface area contributed by atoms with Crippen LogP contribution in [0.2, 0.25) is 0 Å². The Balaban J connectivity index is 0.000000500. The number of anilines is 10. The van der Waals surface area contributed by atoms with Crippen molar-refractivity contribution in [3.05, 3.63) is 387 Å². The van der Waals surface area contributed by atoms with Gasteiger partial charge in [0.25, 0.3) is 11.4 Å². The summed E-state index contributed by atoms with van der Waals surface area (Å²) in [5.41, 5.74) is 6.03.